The first-order chi connectivity index (χ1) is 4.72. The molecule has 1 nitrogen and oxygen atoms in total. The van der Waals surface area contributed by atoms with Crippen LogP contribution in [0.1, 0.15) is 20.8 Å². The van der Waals surface area contributed by atoms with Crippen LogP contribution in [0.15, 0.2) is 11.6 Å². The van der Waals surface area contributed by atoms with Crippen molar-refractivity contribution in [3.05, 3.63) is 11.6 Å². The molecule has 0 spiro atoms. The molecule has 10 heavy (non-hydrogen) atoms. The van der Waals surface area contributed by atoms with Gasteiger partial charge in [-0.2, -0.15) is 11.8 Å². The zero-order chi connectivity index (χ0) is 7.98. The molecule has 1 atom stereocenters. The Morgan fingerprint density at radius 1 is 1.70 bits per heavy atom. The molecule has 0 amide bonds. The molecule has 2 N–H and O–H groups in total. The van der Waals surface area contributed by atoms with Gasteiger partial charge in [-0.25, -0.2) is 0 Å². The Morgan fingerprint density at radius 3 is 2.70 bits per heavy atom. The number of nitrogens with two attached hydrogens (primary N) is 1. The first kappa shape index (κ1) is 10.0. The van der Waals surface area contributed by atoms with Crippen molar-refractivity contribution in [3.8, 4) is 0 Å². The Morgan fingerprint density at radius 2 is 2.30 bits per heavy atom. The molecule has 0 fully saturated rings. The van der Waals surface area contributed by atoms with E-state index in [4.69, 9.17) is 5.73 Å². The van der Waals surface area contributed by atoms with E-state index in [0.29, 0.717) is 5.25 Å². The van der Waals surface area contributed by atoms with Crippen molar-refractivity contribution < 1.29 is 0 Å². The highest BCUT2D eigenvalue weighted by Crippen LogP contribution is 2.16. The summed E-state index contributed by atoms with van der Waals surface area (Å²) < 4.78 is 0. The minimum atomic E-state index is 0.633. The third-order valence-electron chi connectivity index (χ3n) is 1.58. The molecule has 60 valence electrons. The first-order valence-electron chi connectivity index (χ1n) is 3.66. The summed E-state index contributed by atoms with van der Waals surface area (Å²) in [6.45, 7) is 7.24. The lowest BCUT2D eigenvalue weighted by molar-refractivity contribution is 1.09. The van der Waals surface area contributed by atoms with Crippen molar-refractivity contribution in [1.29, 1.82) is 0 Å². The van der Waals surface area contributed by atoms with Crippen molar-refractivity contribution in [2.24, 2.45) is 5.73 Å². The predicted molar refractivity (Wildman–Crippen MR) is 50.4 cm³/mol. The van der Waals surface area contributed by atoms with Crippen LogP contribution >= 0.6 is 11.8 Å². The van der Waals surface area contributed by atoms with Crippen molar-refractivity contribution in [2.45, 2.75) is 26.0 Å². The lowest BCUT2D eigenvalue weighted by atomic mass is 10.2. The van der Waals surface area contributed by atoms with Gasteiger partial charge in [-0.3, -0.25) is 0 Å². The fourth-order valence-electron chi connectivity index (χ4n) is 0.611. The smallest absolute Gasteiger partial charge is 0.0225 e. The standard InChI is InChI=1S/C8H17NS/c1-4-7(2)8(3)10-6-5-9/h4,8H,5-6,9H2,1-3H3/b7-4+. The Hall–Kier alpha value is 0.0500. The molecule has 2 heteroatoms. The average Bonchev–Trinajstić information content (AvgIpc) is 1.98. The quantitative estimate of drug-likeness (QED) is 0.635. The molecule has 0 aromatic heterocycles. The molecule has 1 unspecified atom stereocenters. The van der Waals surface area contributed by atoms with Gasteiger partial charge >= 0.3 is 0 Å². The lowest BCUT2D eigenvalue weighted by Gasteiger charge is -2.09. The van der Waals surface area contributed by atoms with Gasteiger partial charge < -0.3 is 5.73 Å². The van der Waals surface area contributed by atoms with Crippen molar-refractivity contribution in [2.75, 3.05) is 12.3 Å². The number of hydrogen-bond donors (Lipinski definition) is 1. The van der Waals surface area contributed by atoms with E-state index in [1.54, 1.807) is 0 Å². The van der Waals surface area contributed by atoms with Gasteiger partial charge in [0.2, 0.25) is 0 Å². The van der Waals surface area contributed by atoms with E-state index < -0.39 is 0 Å². The summed E-state index contributed by atoms with van der Waals surface area (Å²) in [4.78, 5) is 0. The average molecular weight is 159 g/mol. The van der Waals surface area contributed by atoms with Crippen LogP contribution in [-0.2, 0) is 0 Å². The lowest BCUT2D eigenvalue weighted by Crippen LogP contribution is -2.06. The molecule has 0 saturated carbocycles. The Bertz CT molecular complexity index is 110. The van der Waals surface area contributed by atoms with Gasteiger partial charge in [-0.1, -0.05) is 11.6 Å². The molecule has 0 aromatic rings. The van der Waals surface area contributed by atoms with Crippen LogP contribution in [0.4, 0.5) is 0 Å². The van der Waals surface area contributed by atoms with E-state index >= 15 is 0 Å². The highest BCUT2D eigenvalue weighted by molar-refractivity contribution is 8.00. The van der Waals surface area contributed by atoms with Gasteiger partial charge in [0, 0.05) is 17.5 Å². The Balaban J connectivity index is 3.51. The molecule has 0 radical (unpaired) electrons. The molecule has 0 aliphatic carbocycles. The number of hydrogen-bond acceptors (Lipinski definition) is 2. The summed E-state index contributed by atoms with van der Waals surface area (Å²) in [6, 6.07) is 0. The van der Waals surface area contributed by atoms with Crippen molar-refractivity contribution in [1.82, 2.24) is 0 Å². The van der Waals surface area contributed by atoms with Crippen LogP contribution in [0.3, 0.4) is 0 Å². The largest absolute Gasteiger partial charge is 0.330 e. The van der Waals surface area contributed by atoms with Gasteiger partial charge in [0.25, 0.3) is 0 Å². The molecule has 0 aromatic carbocycles. The maximum Gasteiger partial charge on any atom is 0.0225 e. The number of allylic oxidation sites excluding steroid dienone is 1. The van der Waals surface area contributed by atoms with E-state index in [-0.39, 0.29) is 0 Å². The SMILES string of the molecule is C/C=C(\C)C(C)SCCN. The second-order valence-electron chi connectivity index (χ2n) is 2.33. The molecule has 0 aliphatic heterocycles. The molecule has 0 bridgehead atoms. The highest BCUT2D eigenvalue weighted by atomic mass is 32.2. The van der Waals surface area contributed by atoms with Crippen LogP contribution in [0, 0.1) is 0 Å². The van der Waals surface area contributed by atoms with Crippen LogP contribution in [-0.4, -0.2) is 17.5 Å². The monoisotopic (exact) mass is 159 g/mol. The molecule has 0 heterocycles. The number of thioether (sulfide) groups is 1. The van der Waals surface area contributed by atoms with E-state index in [1.165, 1.54) is 5.57 Å². The Kier molecular flexibility index (Phi) is 5.84. The maximum absolute atomic E-state index is 5.38. The minimum Gasteiger partial charge on any atom is -0.330 e. The van der Waals surface area contributed by atoms with Gasteiger partial charge in [-0.05, 0) is 20.8 Å². The van der Waals surface area contributed by atoms with Crippen LogP contribution in [0.2, 0.25) is 0 Å². The van der Waals surface area contributed by atoms with E-state index in [2.05, 4.69) is 26.8 Å². The van der Waals surface area contributed by atoms with Crippen LogP contribution in [0.5, 0.6) is 0 Å². The van der Waals surface area contributed by atoms with Gasteiger partial charge in [0.05, 0.1) is 0 Å². The summed E-state index contributed by atoms with van der Waals surface area (Å²) >= 11 is 1.92. The van der Waals surface area contributed by atoms with Gasteiger partial charge in [0.15, 0.2) is 0 Å². The normalized spacial score (nSPS) is 15.4. The van der Waals surface area contributed by atoms with Crippen molar-refractivity contribution in [3.63, 3.8) is 0 Å². The van der Waals surface area contributed by atoms with Crippen LogP contribution < -0.4 is 5.73 Å². The fourth-order valence-corrected chi connectivity index (χ4v) is 1.50. The second kappa shape index (κ2) is 5.81. The summed E-state index contributed by atoms with van der Waals surface area (Å²) in [5.74, 6) is 1.06. The first-order valence-corrected chi connectivity index (χ1v) is 4.71. The molecular formula is C8H17NS. The zero-order valence-electron chi connectivity index (χ0n) is 7.05. The number of rotatable bonds is 4. The van der Waals surface area contributed by atoms with Gasteiger partial charge in [-0.15, -0.1) is 0 Å². The van der Waals surface area contributed by atoms with E-state index in [1.807, 2.05) is 11.8 Å². The predicted octanol–water partition coefficient (Wildman–Crippen LogP) is 2.03. The molecule has 0 saturated heterocycles. The minimum absolute atomic E-state index is 0.633. The maximum atomic E-state index is 5.38. The summed E-state index contributed by atoms with van der Waals surface area (Å²) in [5, 5.41) is 0.633. The van der Waals surface area contributed by atoms with Crippen LogP contribution in [0.25, 0.3) is 0 Å². The van der Waals surface area contributed by atoms with Gasteiger partial charge in [0.1, 0.15) is 0 Å². The molecule has 0 rings (SSSR count). The topological polar surface area (TPSA) is 26.0 Å². The summed E-state index contributed by atoms with van der Waals surface area (Å²) in [5.41, 5.74) is 6.82. The Labute approximate surface area is 68.1 Å². The molecular weight excluding hydrogens is 142 g/mol. The van der Waals surface area contributed by atoms with E-state index in [9.17, 15) is 0 Å². The third kappa shape index (κ3) is 3.96. The fraction of sp³-hybridized carbons (Fsp3) is 0.750. The van der Waals surface area contributed by atoms with E-state index in [0.717, 1.165) is 12.3 Å². The second-order valence-corrected chi connectivity index (χ2v) is 3.78. The highest BCUT2D eigenvalue weighted by Gasteiger charge is 2.01. The zero-order valence-corrected chi connectivity index (χ0v) is 7.87. The summed E-state index contributed by atoms with van der Waals surface area (Å²) in [6.07, 6.45) is 2.16. The van der Waals surface area contributed by atoms with Crippen molar-refractivity contribution >= 4 is 11.8 Å². The summed E-state index contributed by atoms with van der Waals surface area (Å²) in [7, 11) is 0. The molecule has 0 aliphatic rings. The third-order valence-corrected chi connectivity index (χ3v) is 2.93.